The van der Waals surface area contributed by atoms with Gasteiger partial charge in [-0.1, -0.05) is 6.07 Å². The molecule has 0 saturated carbocycles. The number of nitrogens with two attached hydrogens (primary N) is 1. The maximum atomic E-state index is 12.7. The maximum Gasteiger partial charge on any atom is 0.394 e. The van der Waals surface area contributed by atoms with E-state index in [4.69, 9.17) is 10.5 Å². The Morgan fingerprint density at radius 1 is 1.32 bits per heavy atom. The van der Waals surface area contributed by atoms with Crippen LogP contribution < -0.4 is 10.5 Å². The monoisotopic (exact) mass is 272 g/mol. The third-order valence-corrected chi connectivity index (χ3v) is 3.16. The molecule has 0 radical (unpaired) electrons. The van der Waals surface area contributed by atoms with Gasteiger partial charge in [-0.2, -0.15) is 13.2 Å². The zero-order valence-electron chi connectivity index (χ0n) is 10.4. The first-order chi connectivity index (χ1) is 8.97. The summed E-state index contributed by atoms with van der Waals surface area (Å²) in [5, 5.41) is 0.794. The Kier molecular flexibility index (Phi) is 3.71. The molecule has 2 aromatic rings. The second-order valence-electron chi connectivity index (χ2n) is 4.34. The molecule has 1 aromatic heterocycles. The van der Waals surface area contributed by atoms with Crippen LogP contribution in [-0.4, -0.2) is 24.4 Å². The van der Waals surface area contributed by atoms with Gasteiger partial charge >= 0.3 is 6.18 Å². The second-order valence-corrected chi connectivity index (χ2v) is 4.34. The second kappa shape index (κ2) is 5.13. The summed E-state index contributed by atoms with van der Waals surface area (Å²) in [5.41, 5.74) is 5.93. The van der Waals surface area contributed by atoms with Crippen LogP contribution in [0.15, 0.2) is 30.5 Å². The van der Waals surface area contributed by atoms with Crippen molar-refractivity contribution in [3.63, 3.8) is 0 Å². The molecule has 0 amide bonds. The van der Waals surface area contributed by atoms with E-state index in [1.165, 1.54) is 7.11 Å². The Balaban J connectivity index is 2.36. The normalized spacial score (nSPS) is 13.7. The lowest BCUT2D eigenvalue weighted by Gasteiger charge is -2.19. The van der Waals surface area contributed by atoms with Gasteiger partial charge in [0.2, 0.25) is 0 Å². The van der Waals surface area contributed by atoms with Crippen LogP contribution in [0.1, 0.15) is 0 Å². The van der Waals surface area contributed by atoms with Crippen molar-refractivity contribution in [2.45, 2.75) is 12.7 Å². The van der Waals surface area contributed by atoms with E-state index in [9.17, 15) is 13.2 Å². The minimum Gasteiger partial charge on any atom is -0.496 e. The Labute approximate surface area is 108 Å². The van der Waals surface area contributed by atoms with Gasteiger partial charge in [-0.15, -0.1) is 0 Å². The summed E-state index contributed by atoms with van der Waals surface area (Å²) in [7, 11) is 1.53. The Morgan fingerprint density at radius 3 is 2.63 bits per heavy atom. The lowest BCUT2D eigenvalue weighted by Crippen LogP contribution is -2.33. The predicted molar refractivity (Wildman–Crippen MR) is 67.1 cm³/mol. The van der Waals surface area contributed by atoms with E-state index in [1.807, 2.05) is 0 Å². The molecule has 6 heteroatoms. The van der Waals surface area contributed by atoms with Crippen LogP contribution in [0.2, 0.25) is 0 Å². The number of alkyl halides is 3. The van der Waals surface area contributed by atoms with Crippen molar-refractivity contribution in [3.8, 4) is 5.75 Å². The number of hydrogen-bond donors (Lipinski definition) is 1. The van der Waals surface area contributed by atoms with Crippen LogP contribution in [0.3, 0.4) is 0 Å². The molecule has 3 nitrogen and oxygen atoms in total. The lowest BCUT2D eigenvalue weighted by molar-refractivity contribution is -0.174. The van der Waals surface area contributed by atoms with Gasteiger partial charge in [0.05, 0.1) is 18.5 Å². The minimum atomic E-state index is -4.29. The molecule has 0 spiro atoms. The molecule has 1 atom stereocenters. The number of nitrogens with zero attached hydrogens (tertiary/aromatic N) is 1. The van der Waals surface area contributed by atoms with Gasteiger partial charge in [0.1, 0.15) is 5.75 Å². The maximum absolute atomic E-state index is 12.7. The van der Waals surface area contributed by atoms with Crippen LogP contribution in [0, 0.1) is 5.92 Å². The molecule has 19 heavy (non-hydrogen) atoms. The standard InChI is InChI=1S/C13H15F3N2O/c1-19-12-4-2-3-11-10(12)5-6-18(11)8-9(7-17)13(14,15)16/h2-6,9H,7-8,17H2,1H3. The summed E-state index contributed by atoms with van der Waals surface area (Å²) in [6, 6.07) is 7.04. The molecular formula is C13H15F3N2O. The molecule has 0 saturated heterocycles. The van der Waals surface area contributed by atoms with E-state index in [0.717, 1.165) is 5.39 Å². The van der Waals surface area contributed by atoms with Crippen molar-refractivity contribution in [1.29, 1.82) is 0 Å². The fourth-order valence-corrected chi connectivity index (χ4v) is 2.08. The Morgan fingerprint density at radius 2 is 2.05 bits per heavy atom. The number of rotatable bonds is 4. The van der Waals surface area contributed by atoms with Crippen LogP contribution in [0.4, 0.5) is 13.2 Å². The predicted octanol–water partition coefficient (Wildman–Crippen LogP) is 2.79. The highest BCUT2D eigenvalue weighted by Gasteiger charge is 2.38. The first-order valence-corrected chi connectivity index (χ1v) is 5.86. The van der Waals surface area contributed by atoms with Gasteiger partial charge < -0.3 is 15.0 Å². The van der Waals surface area contributed by atoms with Gasteiger partial charge in [-0.05, 0) is 18.2 Å². The highest BCUT2D eigenvalue weighted by molar-refractivity contribution is 5.86. The SMILES string of the molecule is COc1cccc2c1ccn2CC(CN)C(F)(F)F. The average molecular weight is 272 g/mol. The van der Waals surface area contributed by atoms with Crippen LogP contribution >= 0.6 is 0 Å². The molecule has 104 valence electrons. The van der Waals surface area contributed by atoms with Crippen molar-refractivity contribution < 1.29 is 17.9 Å². The highest BCUT2D eigenvalue weighted by atomic mass is 19.4. The third kappa shape index (κ3) is 2.68. The number of halogens is 3. The molecule has 0 aliphatic heterocycles. The number of benzene rings is 1. The first-order valence-electron chi connectivity index (χ1n) is 5.86. The van der Waals surface area contributed by atoms with Crippen LogP contribution in [0.25, 0.3) is 10.9 Å². The molecule has 0 fully saturated rings. The molecule has 0 aliphatic carbocycles. The molecule has 0 bridgehead atoms. The van der Waals surface area contributed by atoms with Crippen molar-refractivity contribution in [1.82, 2.24) is 4.57 Å². The summed E-state index contributed by atoms with van der Waals surface area (Å²) in [4.78, 5) is 0. The van der Waals surface area contributed by atoms with Crippen molar-refractivity contribution in [2.24, 2.45) is 11.7 Å². The van der Waals surface area contributed by atoms with Gasteiger partial charge in [-0.3, -0.25) is 0 Å². The van der Waals surface area contributed by atoms with Crippen LogP contribution in [0.5, 0.6) is 5.75 Å². The highest BCUT2D eigenvalue weighted by Crippen LogP contribution is 2.30. The van der Waals surface area contributed by atoms with Crippen molar-refractivity contribution >= 4 is 10.9 Å². The van der Waals surface area contributed by atoms with E-state index < -0.39 is 18.6 Å². The van der Waals surface area contributed by atoms with E-state index >= 15 is 0 Å². The fourth-order valence-electron chi connectivity index (χ4n) is 2.08. The average Bonchev–Trinajstić information content (AvgIpc) is 2.77. The minimum absolute atomic E-state index is 0.184. The van der Waals surface area contributed by atoms with E-state index in [1.54, 1.807) is 35.0 Å². The van der Waals surface area contributed by atoms with E-state index in [-0.39, 0.29) is 6.54 Å². The molecule has 2 N–H and O–H groups in total. The topological polar surface area (TPSA) is 40.2 Å². The molecular weight excluding hydrogens is 257 g/mol. The lowest BCUT2D eigenvalue weighted by atomic mass is 10.1. The number of ether oxygens (including phenoxy) is 1. The third-order valence-electron chi connectivity index (χ3n) is 3.16. The zero-order valence-corrected chi connectivity index (χ0v) is 10.4. The van der Waals surface area contributed by atoms with Gasteiger partial charge in [0.25, 0.3) is 0 Å². The van der Waals surface area contributed by atoms with Crippen molar-refractivity contribution in [2.75, 3.05) is 13.7 Å². The molecule has 0 aliphatic rings. The van der Waals surface area contributed by atoms with E-state index in [2.05, 4.69) is 0 Å². The summed E-state index contributed by atoms with van der Waals surface area (Å²) in [6.45, 7) is -0.607. The number of methoxy groups -OCH3 is 1. The summed E-state index contributed by atoms with van der Waals surface area (Å²) >= 11 is 0. The van der Waals surface area contributed by atoms with E-state index in [0.29, 0.717) is 11.3 Å². The molecule has 1 unspecified atom stereocenters. The number of hydrogen-bond acceptors (Lipinski definition) is 2. The van der Waals surface area contributed by atoms with Crippen LogP contribution in [-0.2, 0) is 6.54 Å². The van der Waals surface area contributed by atoms with Crippen molar-refractivity contribution in [3.05, 3.63) is 30.5 Å². The summed E-state index contributed by atoms with van der Waals surface area (Å²) in [6.07, 6.45) is -2.66. The summed E-state index contributed by atoms with van der Waals surface area (Å²) < 4.78 is 45.0. The Hall–Kier alpha value is -1.69. The number of fused-ring (bicyclic) bond motifs is 1. The smallest absolute Gasteiger partial charge is 0.394 e. The first kappa shape index (κ1) is 13.7. The summed E-state index contributed by atoms with van der Waals surface area (Å²) in [5.74, 6) is -0.901. The quantitative estimate of drug-likeness (QED) is 0.929. The Bertz CT molecular complexity index is 563. The van der Waals surface area contributed by atoms with Gasteiger partial charge in [0.15, 0.2) is 0 Å². The molecule has 1 heterocycles. The zero-order chi connectivity index (χ0) is 14.0. The molecule has 2 rings (SSSR count). The molecule has 1 aromatic carbocycles. The van der Waals surface area contributed by atoms with Gasteiger partial charge in [0, 0.05) is 24.7 Å². The largest absolute Gasteiger partial charge is 0.496 e. The number of aromatic nitrogens is 1. The fraction of sp³-hybridized carbons (Fsp3) is 0.385. The van der Waals surface area contributed by atoms with Gasteiger partial charge in [-0.25, -0.2) is 0 Å².